The Kier molecular flexibility index (Phi) is 6.19. The second-order valence-corrected chi connectivity index (χ2v) is 4.10. The summed E-state index contributed by atoms with van der Waals surface area (Å²) in [4.78, 5) is 35.3. The molecule has 0 bridgehead atoms. The highest BCUT2D eigenvalue weighted by Crippen LogP contribution is 2.02. The number of nitrogens with zero attached hydrogens (tertiary/aromatic N) is 1. The molecule has 0 saturated carbocycles. The lowest BCUT2D eigenvalue weighted by molar-refractivity contribution is -0.137. The number of carbonyl (C=O) groups is 3. The first-order chi connectivity index (χ1) is 7.79. The van der Waals surface area contributed by atoms with Gasteiger partial charge >= 0.3 is 0 Å². The largest absolute Gasteiger partial charge is 0.347 e. The second kappa shape index (κ2) is 6.85. The van der Waals surface area contributed by atoms with E-state index in [1.807, 2.05) is 0 Å². The maximum absolute atomic E-state index is 11.6. The molecule has 0 saturated heterocycles. The minimum atomic E-state index is -0.642. The van der Waals surface area contributed by atoms with Crippen LogP contribution in [0.15, 0.2) is 0 Å². The van der Waals surface area contributed by atoms with E-state index in [2.05, 4.69) is 5.32 Å². The van der Waals surface area contributed by atoms with Crippen molar-refractivity contribution < 1.29 is 19.6 Å². The van der Waals surface area contributed by atoms with Crippen molar-refractivity contribution in [3.8, 4) is 0 Å². The SMILES string of the molecule is CC(CC(=O)NO)C(=O)NC(C)C(=O)N(C)C. The molecule has 0 fully saturated rings. The molecular weight excluding hydrogens is 226 g/mol. The van der Waals surface area contributed by atoms with Gasteiger partial charge < -0.3 is 10.2 Å². The summed E-state index contributed by atoms with van der Waals surface area (Å²) in [6.07, 6.45) is -0.134. The quantitative estimate of drug-likeness (QED) is 0.432. The van der Waals surface area contributed by atoms with Gasteiger partial charge in [-0.25, -0.2) is 5.48 Å². The average Bonchev–Trinajstić information content (AvgIpc) is 2.27. The zero-order chi connectivity index (χ0) is 13.6. The standard InChI is InChI=1S/C10H19N3O4/c1-6(5-8(14)12-17)9(15)11-7(2)10(16)13(3)4/h6-7,17H,5H2,1-4H3,(H,11,15)(H,12,14). The molecule has 0 aromatic heterocycles. The monoisotopic (exact) mass is 245 g/mol. The molecule has 0 spiro atoms. The zero-order valence-corrected chi connectivity index (χ0v) is 10.5. The number of rotatable bonds is 5. The molecule has 0 aliphatic heterocycles. The molecule has 7 nitrogen and oxygen atoms in total. The summed E-state index contributed by atoms with van der Waals surface area (Å²) in [5.74, 6) is -1.88. The Morgan fingerprint density at radius 3 is 2.18 bits per heavy atom. The third-order valence-electron chi connectivity index (χ3n) is 2.23. The topological polar surface area (TPSA) is 98.7 Å². The minimum absolute atomic E-state index is 0.134. The van der Waals surface area contributed by atoms with Crippen molar-refractivity contribution in [2.24, 2.45) is 5.92 Å². The summed E-state index contributed by atoms with van der Waals surface area (Å²) in [5, 5.41) is 10.8. The Bertz CT molecular complexity index is 304. The third-order valence-corrected chi connectivity index (χ3v) is 2.23. The highest BCUT2D eigenvalue weighted by atomic mass is 16.5. The van der Waals surface area contributed by atoms with Gasteiger partial charge in [-0.1, -0.05) is 6.92 Å². The van der Waals surface area contributed by atoms with Crippen LogP contribution in [-0.4, -0.2) is 48.0 Å². The van der Waals surface area contributed by atoms with Gasteiger partial charge in [0.1, 0.15) is 6.04 Å². The van der Waals surface area contributed by atoms with Gasteiger partial charge in [-0.2, -0.15) is 0 Å². The molecule has 0 aliphatic carbocycles. The van der Waals surface area contributed by atoms with Crippen LogP contribution in [0.2, 0.25) is 0 Å². The highest BCUT2D eigenvalue weighted by Gasteiger charge is 2.22. The summed E-state index contributed by atoms with van der Waals surface area (Å²) < 4.78 is 0. The van der Waals surface area contributed by atoms with Crippen molar-refractivity contribution in [2.45, 2.75) is 26.3 Å². The summed E-state index contributed by atoms with van der Waals surface area (Å²) >= 11 is 0. The predicted octanol–water partition coefficient (Wildman–Crippen LogP) is -0.889. The smallest absolute Gasteiger partial charge is 0.244 e. The van der Waals surface area contributed by atoms with Crippen LogP contribution in [-0.2, 0) is 14.4 Å². The summed E-state index contributed by atoms with van der Waals surface area (Å²) in [7, 11) is 3.18. The van der Waals surface area contributed by atoms with E-state index in [-0.39, 0.29) is 12.3 Å². The van der Waals surface area contributed by atoms with E-state index in [0.29, 0.717) is 0 Å². The molecule has 0 aliphatic rings. The molecule has 17 heavy (non-hydrogen) atoms. The van der Waals surface area contributed by atoms with Crippen molar-refractivity contribution >= 4 is 17.7 Å². The van der Waals surface area contributed by atoms with Gasteiger partial charge in [0.05, 0.1) is 0 Å². The first kappa shape index (κ1) is 15.4. The second-order valence-electron chi connectivity index (χ2n) is 4.10. The number of hydroxylamine groups is 1. The molecule has 3 N–H and O–H groups in total. The molecular formula is C10H19N3O4. The lowest BCUT2D eigenvalue weighted by Gasteiger charge is -2.19. The number of carbonyl (C=O) groups excluding carboxylic acids is 3. The van der Waals surface area contributed by atoms with Crippen LogP contribution in [0, 0.1) is 5.92 Å². The fraction of sp³-hybridized carbons (Fsp3) is 0.700. The number of nitrogens with one attached hydrogen (secondary N) is 2. The van der Waals surface area contributed by atoms with Gasteiger partial charge in [0.2, 0.25) is 17.7 Å². The van der Waals surface area contributed by atoms with E-state index in [4.69, 9.17) is 5.21 Å². The van der Waals surface area contributed by atoms with Crippen molar-refractivity contribution in [3.05, 3.63) is 0 Å². The van der Waals surface area contributed by atoms with Crippen molar-refractivity contribution in [1.29, 1.82) is 0 Å². The van der Waals surface area contributed by atoms with Crippen LogP contribution in [0.25, 0.3) is 0 Å². The van der Waals surface area contributed by atoms with Crippen molar-refractivity contribution in [3.63, 3.8) is 0 Å². The maximum atomic E-state index is 11.6. The number of hydrogen-bond donors (Lipinski definition) is 3. The van der Waals surface area contributed by atoms with E-state index in [1.54, 1.807) is 21.0 Å². The van der Waals surface area contributed by atoms with Gasteiger partial charge in [-0.05, 0) is 6.92 Å². The van der Waals surface area contributed by atoms with Crippen LogP contribution in [0.4, 0.5) is 0 Å². The molecule has 3 amide bonds. The van der Waals surface area contributed by atoms with E-state index in [0.717, 1.165) is 0 Å². The molecule has 98 valence electrons. The number of hydrogen-bond acceptors (Lipinski definition) is 4. The molecule has 0 rings (SSSR count). The molecule has 0 aromatic carbocycles. The normalized spacial score (nSPS) is 13.5. The van der Waals surface area contributed by atoms with Crippen molar-refractivity contribution in [2.75, 3.05) is 14.1 Å². The molecule has 0 aromatic rings. The predicted molar refractivity (Wildman–Crippen MR) is 60.0 cm³/mol. The van der Waals surface area contributed by atoms with Gasteiger partial charge in [0, 0.05) is 26.4 Å². The molecule has 2 atom stereocenters. The van der Waals surface area contributed by atoms with Gasteiger partial charge in [0.15, 0.2) is 0 Å². The highest BCUT2D eigenvalue weighted by molar-refractivity contribution is 5.89. The van der Waals surface area contributed by atoms with Gasteiger partial charge in [0.25, 0.3) is 0 Å². The molecule has 0 heterocycles. The van der Waals surface area contributed by atoms with E-state index in [1.165, 1.54) is 17.3 Å². The lowest BCUT2D eigenvalue weighted by atomic mass is 10.1. The Hall–Kier alpha value is -1.63. The van der Waals surface area contributed by atoms with Crippen LogP contribution in [0.5, 0.6) is 0 Å². The number of likely N-dealkylation sites (N-methyl/N-ethyl adjacent to an activating group) is 1. The van der Waals surface area contributed by atoms with Crippen LogP contribution >= 0.6 is 0 Å². The Morgan fingerprint density at radius 1 is 1.24 bits per heavy atom. The van der Waals surface area contributed by atoms with Gasteiger partial charge in [-0.15, -0.1) is 0 Å². The Labute approximate surface area is 100 Å². The number of amides is 3. The van der Waals surface area contributed by atoms with E-state index in [9.17, 15) is 14.4 Å². The van der Waals surface area contributed by atoms with Crippen LogP contribution in [0.3, 0.4) is 0 Å². The lowest BCUT2D eigenvalue weighted by Crippen LogP contribution is -2.46. The fourth-order valence-corrected chi connectivity index (χ4v) is 1.22. The average molecular weight is 245 g/mol. The maximum Gasteiger partial charge on any atom is 0.244 e. The zero-order valence-electron chi connectivity index (χ0n) is 10.5. The van der Waals surface area contributed by atoms with E-state index < -0.39 is 23.8 Å². The van der Waals surface area contributed by atoms with Crippen molar-refractivity contribution in [1.82, 2.24) is 15.7 Å². The first-order valence-corrected chi connectivity index (χ1v) is 5.24. The fourth-order valence-electron chi connectivity index (χ4n) is 1.22. The van der Waals surface area contributed by atoms with Crippen LogP contribution < -0.4 is 10.8 Å². The minimum Gasteiger partial charge on any atom is -0.347 e. The summed E-state index contributed by atoms with van der Waals surface area (Å²) in [6.45, 7) is 3.11. The van der Waals surface area contributed by atoms with Crippen LogP contribution in [0.1, 0.15) is 20.3 Å². The summed E-state index contributed by atoms with van der Waals surface area (Å²) in [5.41, 5.74) is 1.45. The van der Waals surface area contributed by atoms with E-state index >= 15 is 0 Å². The third kappa shape index (κ3) is 5.30. The first-order valence-electron chi connectivity index (χ1n) is 5.24. The Morgan fingerprint density at radius 2 is 1.76 bits per heavy atom. The molecule has 2 unspecified atom stereocenters. The van der Waals surface area contributed by atoms with Gasteiger partial charge in [-0.3, -0.25) is 19.6 Å². The Balaban J connectivity index is 4.25. The molecule has 0 radical (unpaired) electrons. The molecule has 7 heteroatoms. The summed E-state index contributed by atoms with van der Waals surface area (Å²) in [6, 6.07) is -0.642.